The molecule has 0 N–H and O–H groups in total. The maximum atomic E-state index is 5.56. The highest BCUT2D eigenvalue weighted by Crippen LogP contribution is 2.45. The summed E-state index contributed by atoms with van der Waals surface area (Å²) in [6.07, 6.45) is 4.00. The number of rotatable bonds is 6. The molecule has 0 bridgehead atoms. The lowest BCUT2D eigenvalue weighted by Gasteiger charge is -2.43. The third-order valence-corrected chi connectivity index (χ3v) is 6.09. The maximum absolute atomic E-state index is 5.56. The average molecular weight is 360 g/mol. The summed E-state index contributed by atoms with van der Waals surface area (Å²) in [5, 5.41) is 12.6. The van der Waals surface area contributed by atoms with E-state index in [1.807, 2.05) is 19.2 Å². The molecular weight excluding hydrogens is 332 g/mol. The smallest absolute Gasteiger partial charge is 0.177 e. The van der Waals surface area contributed by atoms with Gasteiger partial charge in [0, 0.05) is 52.9 Å². The summed E-state index contributed by atoms with van der Waals surface area (Å²) < 4.78 is 12.6. The van der Waals surface area contributed by atoms with Gasteiger partial charge in [-0.3, -0.25) is 0 Å². The first-order chi connectivity index (χ1) is 12.7. The number of nitrogens with zero attached hydrogens (tertiary/aromatic N) is 6. The van der Waals surface area contributed by atoms with Crippen LogP contribution in [0.1, 0.15) is 12.8 Å². The van der Waals surface area contributed by atoms with Crippen LogP contribution < -0.4 is 4.90 Å². The lowest BCUT2D eigenvalue weighted by atomic mass is 9.71. The van der Waals surface area contributed by atoms with Gasteiger partial charge in [-0.15, -0.1) is 15.3 Å². The highest BCUT2D eigenvalue weighted by atomic mass is 16.5. The van der Waals surface area contributed by atoms with Crippen LogP contribution in [-0.4, -0.2) is 84.9 Å². The lowest BCUT2D eigenvalue weighted by molar-refractivity contribution is 0.0760. The normalized spacial score (nSPS) is 23.3. The molecule has 1 spiro atoms. The van der Waals surface area contributed by atoms with E-state index in [9.17, 15) is 0 Å². The zero-order chi connectivity index (χ0) is 18.0. The van der Waals surface area contributed by atoms with Gasteiger partial charge in [-0.2, -0.15) is 4.52 Å². The molecule has 2 aromatic rings. The van der Waals surface area contributed by atoms with Crippen molar-refractivity contribution in [3.05, 3.63) is 18.5 Å². The van der Waals surface area contributed by atoms with E-state index in [2.05, 4.69) is 25.1 Å². The highest BCUT2D eigenvalue weighted by Gasteiger charge is 2.47. The molecule has 4 heterocycles. The van der Waals surface area contributed by atoms with Crippen molar-refractivity contribution in [1.82, 2.24) is 24.7 Å². The number of likely N-dealkylation sites (tertiary alicyclic amines) is 1. The van der Waals surface area contributed by atoms with Gasteiger partial charge in [-0.25, -0.2) is 0 Å². The van der Waals surface area contributed by atoms with Gasteiger partial charge < -0.3 is 19.3 Å². The van der Waals surface area contributed by atoms with Crippen molar-refractivity contribution in [2.24, 2.45) is 11.3 Å². The van der Waals surface area contributed by atoms with Gasteiger partial charge in [-0.05, 0) is 30.4 Å². The molecule has 0 aliphatic carbocycles. The Morgan fingerprint density at radius 3 is 2.81 bits per heavy atom. The number of piperidine rings is 1. The van der Waals surface area contributed by atoms with Gasteiger partial charge in [-0.1, -0.05) is 0 Å². The Morgan fingerprint density at radius 1 is 1.19 bits per heavy atom. The Labute approximate surface area is 154 Å². The van der Waals surface area contributed by atoms with Crippen molar-refractivity contribution < 1.29 is 9.47 Å². The first kappa shape index (κ1) is 17.6. The van der Waals surface area contributed by atoms with Crippen molar-refractivity contribution in [3.63, 3.8) is 0 Å². The summed E-state index contributed by atoms with van der Waals surface area (Å²) in [4.78, 5) is 4.93. The topological polar surface area (TPSA) is 68.0 Å². The van der Waals surface area contributed by atoms with Crippen molar-refractivity contribution in [1.29, 1.82) is 0 Å². The van der Waals surface area contributed by atoms with Crippen LogP contribution in [0.25, 0.3) is 5.65 Å². The van der Waals surface area contributed by atoms with E-state index in [0.29, 0.717) is 11.3 Å². The van der Waals surface area contributed by atoms with Crippen molar-refractivity contribution in [2.45, 2.75) is 12.8 Å². The molecule has 0 radical (unpaired) electrons. The van der Waals surface area contributed by atoms with E-state index in [1.54, 1.807) is 18.0 Å². The SMILES string of the molecule is COCCN1C[C@@H](COC)C2(CCN(c3ccc4nncn4n3)CC2)C1. The number of anilines is 1. The fraction of sp³-hybridized carbons (Fsp3) is 0.722. The molecule has 2 aliphatic rings. The van der Waals surface area contributed by atoms with Crippen LogP contribution in [0.2, 0.25) is 0 Å². The molecule has 0 aromatic carbocycles. The Bertz CT molecular complexity index is 727. The molecule has 2 saturated heterocycles. The molecule has 0 unspecified atom stereocenters. The second-order valence-corrected chi connectivity index (χ2v) is 7.55. The van der Waals surface area contributed by atoms with E-state index >= 15 is 0 Å². The molecule has 2 fully saturated rings. The predicted molar refractivity (Wildman–Crippen MR) is 98.3 cm³/mol. The third-order valence-electron chi connectivity index (χ3n) is 6.09. The molecule has 1 atom stereocenters. The minimum Gasteiger partial charge on any atom is -0.384 e. The van der Waals surface area contributed by atoms with E-state index in [4.69, 9.17) is 9.47 Å². The molecule has 8 nitrogen and oxygen atoms in total. The third kappa shape index (κ3) is 3.28. The Kier molecular flexibility index (Phi) is 5.06. The van der Waals surface area contributed by atoms with Crippen LogP contribution >= 0.6 is 0 Å². The highest BCUT2D eigenvalue weighted by molar-refractivity contribution is 5.45. The Hall–Kier alpha value is -1.77. The minimum absolute atomic E-state index is 0.348. The van der Waals surface area contributed by atoms with Gasteiger partial charge in [0.05, 0.1) is 13.2 Å². The molecule has 0 amide bonds. The van der Waals surface area contributed by atoms with Gasteiger partial charge in [0.15, 0.2) is 5.65 Å². The standard InChI is InChI=1S/C18H28N6O2/c1-25-10-9-22-11-15(12-26-2)18(13-22)5-7-23(8-6-18)17-4-3-16-20-19-14-24(16)21-17/h3-4,14-15H,5-13H2,1-2H3/t15-/m0/s1. The number of hydrogen-bond donors (Lipinski definition) is 0. The number of hydrogen-bond acceptors (Lipinski definition) is 7. The quantitative estimate of drug-likeness (QED) is 0.759. The van der Waals surface area contributed by atoms with E-state index in [1.165, 1.54) is 12.8 Å². The lowest BCUT2D eigenvalue weighted by Crippen LogP contribution is -2.45. The first-order valence-corrected chi connectivity index (χ1v) is 9.36. The van der Waals surface area contributed by atoms with Crippen molar-refractivity contribution in [3.8, 4) is 0 Å². The van der Waals surface area contributed by atoms with Gasteiger partial charge in [0.25, 0.3) is 0 Å². The molecular formula is C18H28N6O2. The molecule has 26 heavy (non-hydrogen) atoms. The van der Waals surface area contributed by atoms with Crippen LogP contribution in [0.5, 0.6) is 0 Å². The van der Waals surface area contributed by atoms with Crippen LogP contribution in [0, 0.1) is 11.3 Å². The first-order valence-electron chi connectivity index (χ1n) is 9.36. The summed E-state index contributed by atoms with van der Waals surface area (Å²) in [7, 11) is 3.59. The van der Waals surface area contributed by atoms with E-state index in [0.717, 1.165) is 57.4 Å². The molecule has 8 heteroatoms. The number of ether oxygens (including phenoxy) is 2. The molecule has 2 aromatic heterocycles. The van der Waals surface area contributed by atoms with Gasteiger partial charge >= 0.3 is 0 Å². The molecule has 142 valence electrons. The van der Waals surface area contributed by atoms with Gasteiger partial charge in [0.1, 0.15) is 12.1 Å². The fourth-order valence-corrected chi connectivity index (χ4v) is 4.60. The summed E-state index contributed by atoms with van der Waals surface area (Å²) in [5.41, 5.74) is 1.13. The Balaban J connectivity index is 1.44. The Morgan fingerprint density at radius 2 is 2.04 bits per heavy atom. The maximum Gasteiger partial charge on any atom is 0.177 e. The average Bonchev–Trinajstić information content (AvgIpc) is 3.26. The van der Waals surface area contributed by atoms with Crippen molar-refractivity contribution >= 4 is 11.5 Å². The number of fused-ring (bicyclic) bond motifs is 1. The summed E-state index contributed by atoms with van der Waals surface area (Å²) in [6, 6.07) is 4.03. The van der Waals surface area contributed by atoms with Crippen molar-refractivity contribution in [2.75, 3.05) is 65.1 Å². The fourth-order valence-electron chi connectivity index (χ4n) is 4.60. The van der Waals surface area contributed by atoms with Crippen LogP contribution in [0.4, 0.5) is 5.82 Å². The second kappa shape index (κ2) is 7.46. The van der Waals surface area contributed by atoms with Crippen LogP contribution in [-0.2, 0) is 9.47 Å². The molecule has 2 aliphatic heterocycles. The molecule has 0 saturated carbocycles. The summed E-state index contributed by atoms with van der Waals surface area (Å²) in [6.45, 7) is 6.96. The zero-order valence-corrected chi connectivity index (χ0v) is 15.7. The predicted octanol–water partition coefficient (Wildman–Crippen LogP) is 0.936. The monoisotopic (exact) mass is 360 g/mol. The number of methoxy groups -OCH3 is 2. The van der Waals surface area contributed by atoms with Crippen LogP contribution in [0.15, 0.2) is 18.5 Å². The summed E-state index contributed by atoms with van der Waals surface area (Å²) >= 11 is 0. The largest absolute Gasteiger partial charge is 0.384 e. The van der Waals surface area contributed by atoms with Gasteiger partial charge in [0.2, 0.25) is 0 Å². The van der Waals surface area contributed by atoms with E-state index in [-0.39, 0.29) is 0 Å². The van der Waals surface area contributed by atoms with E-state index < -0.39 is 0 Å². The molecule has 4 rings (SSSR count). The summed E-state index contributed by atoms with van der Waals surface area (Å²) in [5.74, 6) is 1.60. The second-order valence-electron chi connectivity index (χ2n) is 7.55. The zero-order valence-electron chi connectivity index (χ0n) is 15.7. The minimum atomic E-state index is 0.348. The van der Waals surface area contributed by atoms with Crippen LogP contribution in [0.3, 0.4) is 0 Å². The number of aromatic nitrogens is 4.